The molecule has 0 spiro atoms. The molecule has 0 aromatic rings. The Balaban J connectivity index is 4.97. The average molecular weight is 215 g/mol. The summed E-state index contributed by atoms with van der Waals surface area (Å²) < 4.78 is 0. The van der Waals surface area contributed by atoms with Gasteiger partial charge in [-0.05, 0) is 18.8 Å². The first-order valence-electron chi connectivity index (χ1n) is 5.36. The van der Waals surface area contributed by atoms with Gasteiger partial charge in [0.2, 0.25) is 6.41 Å². The van der Waals surface area contributed by atoms with Crippen molar-refractivity contribution in [2.45, 2.75) is 45.6 Å². The van der Waals surface area contributed by atoms with E-state index in [9.17, 15) is 14.7 Å². The normalized spacial score (nSPS) is 16.5. The van der Waals surface area contributed by atoms with Gasteiger partial charge in [0.05, 0.1) is 0 Å². The summed E-state index contributed by atoms with van der Waals surface area (Å²) in [5.74, 6) is -0.622. The Kier molecular flexibility index (Phi) is 5.33. The van der Waals surface area contributed by atoms with Gasteiger partial charge >= 0.3 is 5.97 Å². The predicted molar refractivity (Wildman–Crippen MR) is 58.6 cm³/mol. The molecule has 0 aromatic carbocycles. The maximum atomic E-state index is 11.3. The third-order valence-electron chi connectivity index (χ3n) is 3.20. The van der Waals surface area contributed by atoms with Crippen LogP contribution in [-0.4, -0.2) is 35.0 Å². The van der Waals surface area contributed by atoms with Gasteiger partial charge in [-0.25, -0.2) is 4.79 Å². The molecule has 0 aliphatic rings. The third-order valence-corrected chi connectivity index (χ3v) is 3.20. The summed E-state index contributed by atoms with van der Waals surface area (Å²) in [6.07, 6.45) is 2.45. The SMILES string of the molecule is CCC(C)CC(CC)(C(=O)O)N(C)C=O. The van der Waals surface area contributed by atoms with Gasteiger partial charge < -0.3 is 10.0 Å². The number of nitrogens with zero attached hydrogens (tertiary/aromatic N) is 1. The Morgan fingerprint density at radius 3 is 2.33 bits per heavy atom. The molecule has 15 heavy (non-hydrogen) atoms. The van der Waals surface area contributed by atoms with Crippen molar-refractivity contribution in [3.05, 3.63) is 0 Å². The van der Waals surface area contributed by atoms with Gasteiger partial charge in [0.15, 0.2) is 0 Å². The zero-order valence-electron chi connectivity index (χ0n) is 9.99. The van der Waals surface area contributed by atoms with E-state index in [2.05, 4.69) is 0 Å². The van der Waals surface area contributed by atoms with Crippen LogP contribution in [0.5, 0.6) is 0 Å². The summed E-state index contributed by atoms with van der Waals surface area (Å²) in [6.45, 7) is 5.83. The minimum absolute atomic E-state index is 0.295. The van der Waals surface area contributed by atoms with E-state index in [1.165, 1.54) is 11.9 Å². The molecular weight excluding hydrogens is 194 g/mol. The molecule has 0 radical (unpaired) electrons. The van der Waals surface area contributed by atoms with Crippen LogP contribution in [0.1, 0.15) is 40.0 Å². The molecule has 88 valence electrons. The first-order chi connectivity index (χ1) is 6.94. The lowest BCUT2D eigenvalue weighted by Crippen LogP contribution is -2.52. The zero-order chi connectivity index (χ0) is 12.1. The van der Waals surface area contributed by atoms with Crippen molar-refractivity contribution in [1.82, 2.24) is 4.90 Å². The fraction of sp³-hybridized carbons (Fsp3) is 0.818. The van der Waals surface area contributed by atoms with E-state index in [0.29, 0.717) is 25.2 Å². The summed E-state index contributed by atoms with van der Waals surface area (Å²) in [4.78, 5) is 23.3. The van der Waals surface area contributed by atoms with Crippen molar-refractivity contribution in [2.75, 3.05) is 7.05 Å². The average Bonchev–Trinajstić information content (AvgIpc) is 2.23. The van der Waals surface area contributed by atoms with E-state index >= 15 is 0 Å². The highest BCUT2D eigenvalue weighted by molar-refractivity contribution is 5.81. The quantitative estimate of drug-likeness (QED) is 0.658. The van der Waals surface area contributed by atoms with E-state index in [0.717, 1.165) is 6.42 Å². The van der Waals surface area contributed by atoms with Gasteiger partial charge in [-0.2, -0.15) is 0 Å². The van der Waals surface area contributed by atoms with Crippen LogP contribution in [0, 0.1) is 5.92 Å². The number of carbonyl (C=O) groups excluding carboxylic acids is 1. The van der Waals surface area contributed by atoms with E-state index in [1.54, 1.807) is 6.92 Å². The highest BCUT2D eigenvalue weighted by Crippen LogP contribution is 2.27. The molecule has 0 heterocycles. The number of carboxylic acid groups (broad SMARTS) is 1. The second kappa shape index (κ2) is 5.73. The van der Waals surface area contributed by atoms with Crippen LogP contribution in [0.4, 0.5) is 0 Å². The van der Waals surface area contributed by atoms with Crippen molar-refractivity contribution in [1.29, 1.82) is 0 Å². The molecular formula is C11H21NO3. The Bertz CT molecular complexity index is 230. The molecule has 4 heteroatoms. The molecule has 4 nitrogen and oxygen atoms in total. The predicted octanol–water partition coefficient (Wildman–Crippen LogP) is 1.74. The minimum Gasteiger partial charge on any atom is -0.479 e. The molecule has 2 atom stereocenters. The van der Waals surface area contributed by atoms with Crippen LogP contribution in [0.15, 0.2) is 0 Å². The largest absolute Gasteiger partial charge is 0.479 e. The minimum atomic E-state index is -1.04. The van der Waals surface area contributed by atoms with Crippen molar-refractivity contribution in [3.63, 3.8) is 0 Å². The molecule has 0 saturated heterocycles. The van der Waals surface area contributed by atoms with Gasteiger partial charge in [0.1, 0.15) is 5.54 Å². The van der Waals surface area contributed by atoms with Crippen LogP contribution in [0.3, 0.4) is 0 Å². The molecule has 0 rings (SSSR count). The fourth-order valence-corrected chi connectivity index (χ4v) is 1.75. The molecule has 0 aliphatic heterocycles. The van der Waals surface area contributed by atoms with Crippen molar-refractivity contribution in [2.24, 2.45) is 5.92 Å². The van der Waals surface area contributed by atoms with Gasteiger partial charge in [-0.3, -0.25) is 4.79 Å². The van der Waals surface area contributed by atoms with Gasteiger partial charge in [0, 0.05) is 7.05 Å². The van der Waals surface area contributed by atoms with Crippen LogP contribution in [0.2, 0.25) is 0 Å². The number of hydrogen-bond acceptors (Lipinski definition) is 2. The van der Waals surface area contributed by atoms with E-state index < -0.39 is 11.5 Å². The summed E-state index contributed by atoms with van der Waals surface area (Å²) in [6, 6.07) is 0. The Hall–Kier alpha value is -1.06. The standard InChI is InChI=1S/C11H21NO3/c1-5-9(3)7-11(6-2,10(14)15)12(4)8-13/h8-9H,5-7H2,1-4H3,(H,14,15). The first-order valence-corrected chi connectivity index (χ1v) is 5.36. The number of carboxylic acids is 1. The van der Waals surface area contributed by atoms with Crippen LogP contribution < -0.4 is 0 Å². The monoisotopic (exact) mass is 215 g/mol. The lowest BCUT2D eigenvalue weighted by molar-refractivity contribution is -0.155. The highest BCUT2D eigenvalue weighted by Gasteiger charge is 2.41. The fourth-order valence-electron chi connectivity index (χ4n) is 1.75. The van der Waals surface area contributed by atoms with E-state index in [1.807, 2.05) is 13.8 Å². The van der Waals surface area contributed by atoms with Crippen molar-refractivity contribution < 1.29 is 14.7 Å². The number of rotatable bonds is 7. The molecule has 0 fully saturated rings. The van der Waals surface area contributed by atoms with E-state index in [-0.39, 0.29) is 0 Å². The zero-order valence-corrected chi connectivity index (χ0v) is 9.99. The summed E-state index contributed by atoms with van der Waals surface area (Å²) in [5.41, 5.74) is -1.04. The summed E-state index contributed by atoms with van der Waals surface area (Å²) >= 11 is 0. The van der Waals surface area contributed by atoms with Gasteiger partial charge in [-0.1, -0.05) is 27.2 Å². The Labute approximate surface area is 91.3 Å². The molecule has 2 unspecified atom stereocenters. The van der Waals surface area contributed by atoms with Crippen molar-refractivity contribution in [3.8, 4) is 0 Å². The molecule has 1 amide bonds. The highest BCUT2D eigenvalue weighted by atomic mass is 16.4. The van der Waals surface area contributed by atoms with Crippen LogP contribution in [0.25, 0.3) is 0 Å². The number of carbonyl (C=O) groups is 2. The maximum Gasteiger partial charge on any atom is 0.329 e. The molecule has 0 aromatic heterocycles. The molecule has 0 aliphatic carbocycles. The van der Waals surface area contributed by atoms with Crippen LogP contribution >= 0.6 is 0 Å². The smallest absolute Gasteiger partial charge is 0.329 e. The maximum absolute atomic E-state index is 11.3. The molecule has 0 saturated carbocycles. The number of amides is 1. The second-order valence-electron chi connectivity index (χ2n) is 4.12. The number of likely N-dealkylation sites (N-methyl/N-ethyl adjacent to an activating group) is 1. The van der Waals surface area contributed by atoms with Crippen LogP contribution in [-0.2, 0) is 9.59 Å². The van der Waals surface area contributed by atoms with E-state index in [4.69, 9.17) is 0 Å². The third kappa shape index (κ3) is 2.94. The number of hydrogen-bond donors (Lipinski definition) is 1. The lowest BCUT2D eigenvalue weighted by Gasteiger charge is -2.36. The molecule has 0 bridgehead atoms. The first kappa shape index (κ1) is 13.9. The second-order valence-corrected chi connectivity index (χ2v) is 4.12. The summed E-state index contributed by atoms with van der Waals surface area (Å²) in [7, 11) is 1.53. The molecule has 1 N–H and O–H groups in total. The number of aliphatic carboxylic acids is 1. The topological polar surface area (TPSA) is 57.6 Å². The van der Waals surface area contributed by atoms with Gasteiger partial charge in [-0.15, -0.1) is 0 Å². The lowest BCUT2D eigenvalue weighted by atomic mass is 9.83. The Morgan fingerprint density at radius 2 is 2.07 bits per heavy atom. The summed E-state index contributed by atoms with van der Waals surface area (Å²) in [5, 5.41) is 9.27. The van der Waals surface area contributed by atoms with Gasteiger partial charge in [0.25, 0.3) is 0 Å². The Morgan fingerprint density at radius 1 is 1.53 bits per heavy atom. The van der Waals surface area contributed by atoms with Crippen molar-refractivity contribution >= 4 is 12.4 Å².